The molecule has 1 saturated heterocycles. The first kappa shape index (κ1) is 22.9. The topological polar surface area (TPSA) is 133 Å². The van der Waals surface area contributed by atoms with Crippen LogP contribution < -0.4 is 5.32 Å². The highest BCUT2D eigenvalue weighted by Crippen LogP contribution is 2.33. The maximum absolute atomic E-state index is 13.0. The molecule has 2 aromatic rings. The van der Waals surface area contributed by atoms with E-state index in [1.807, 2.05) is 0 Å². The Labute approximate surface area is 190 Å². The lowest BCUT2D eigenvalue weighted by molar-refractivity contribution is -0.110. The minimum Gasteiger partial charge on any atom is -0.465 e. The van der Waals surface area contributed by atoms with Gasteiger partial charge in [-0.05, 0) is 37.1 Å². The molecular weight excluding hydrogens is 450 g/mol. The molecule has 2 fully saturated rings. The summed E-state index contributed by atoms with van der Waals surface area (Å²) < 4.78 is 34.8. The normalized spacial score (nSPS) is 18.6. The van der Waals surface area contributed by atoms with Crippen LogP contribution in [-0.4, -0.2) is 62.7 Å². The molecule has 2 heterocycles. The maximum Gasteiger partial charge on any atom is 0.339 e. The van der Waals surface area contributed by atoms with Crippen molar-refractivity contribution in [3.8, 4) is 0 Å². The molecule has 1 atom stereocenters. The second kappa shape index (κ2) is 9.67. The standard InChI is InChI=1S/C22H23N3O7S/c1-30-22(27)15-4-9-19(23-12-15)24-21(26)20(25-32-16-10-11-31-13-16)14-2-5-17(6-3-14)33(28,29)18-7-8-18/h2-6,9,12,16,18H,7-8,10-11,13H2,1H3,(H,23,24,26)/b25-20+/t16-/m1/s1. The SMILES string of the molecule is COC(=O)c1ccc(NC(=O)/C(=N/O[C@@H]2CCOC2)c2ccc(S(=O)(=O)C3CC3)cc2)nc1. The molecule has 1 N–H and O–H groups in total. The van der Waals surface area contributed by atoms with E-state index in [-0.39, 0.29) is 33.3 Å². The average Bonchev–Trinajstić information content (AvgIpc) is 3.57. The number of ether oxygens (including phenoxy) is 2. The van der Waals surface area contributed by atoms with Crippen molar-refractivity contribution in [2.24, 2.45) is 5.16 Å². The Morgan fingerprint density at radius 3 is 2.39 bits per heavy atom. The van der Waals surface area contributed by atoms with E-state index in [0.29, 0.717) is 38.0 Å². The number of amides is 1. The molecule has 1 amide bonds. The number of methoxy groups -OCH3 is 1. The third kappa shape index (κ3) is 5.37. The lowest BCUT2D eigenvalue weighted by Gasteiger charge is -2.11. The Hall–Kier alpha value is -3.31. The van der Waals surface area contributed by atoms with Crippen molar-refractivity contribution in [1.29, 1.82) is 0 Å². The quantitative estimate of drug-likeness (QED) is 0.349. The summed E-state index contributed by atoms with van der Waals surface area (Å²) in [6.07, 6.45) is 2.98. The molecule has 1 aliphatic carbocycles. The number of nitrogens with zero attached hydrogens (tertiary/aromatic N) is 2. The van der Waals surface area contributed by atoms with Crippen LogP contribution in [0.5, 0.6) is 0 Å². The van der Waals surface area contributed by atoms with Crippen molar-refractivity contribution in [2.45, 2.75) is 35.5 Å². The molecule has 1 aromatic heterocycles. The van der Waals surface area contributed by atoms with Gasteiger partial charge in [-0.15, -0.1) is 0 Å². The van der Waals surface area contributed by atoms with Gasteiger partial charge in [-0.2, -0.15) is 0 Å². The first-order chi connectivity index (χ1) is 15.9. The minimum atomic E-state index is -3.35. The lowest BCUT2D eigenvalue weighted by atomic mass is 10.1. The molecule has 0 spiro atoms. The van der Waals surface area contributed by atoms with Gasteiger partial charge < -0.3 is 19.6 Å². The second-order valence-corrected chi connectivity index (χ2v) is 9.91. The number of aromatic nitrogens is 1. The predicted octanol–water partition coefficient (Wildman–Crippen LogP) is 1.95. The summed E-state index contributed by atoms with van der Waals surface area (Å²) >= 11 is 0. The van der Waals surface area contributed by atoms with E-state index in [0.717, 1.165) is 0 Å². The first-order valence-corrected chi connectivity index (χ1v) is 11.9. The average molecular weight is 474 g/mol. The number of rotatable bonds is 8. The van der Waals surface area contributed by atoms with Crippen LogP contribution in [0, 0.1) is 0 Å². The fourth-order valence-corrected chi connectivity index (χ4v) is 4.86. The number of sulfone groups is 1. The molecule has 11 heteroatoms. The van der Waals surface area contributed by atoms with Crippen LogP contribution in [0.25, 0.3) is 0 Å². The zero-order valence-electron chi connectivity index (χ0n) is 17.9. The van der Waals surface area contributed by atoms with Crippen LogP contribution in [-0.2, 0) is 28.9 Å². The highest BCUT2D eigenvalue weighted by Gasteiger charge is 2.36. The van der Waals surface area contributed by atoms with Crippen LogP contribution in [0.15, 0.2) is 52.6 Å². The number of oxime groups is 1. The van der Waals surface area contributed by atoms with Gasteiger partial charge in [0.15, 0.2) is 21.7 Å². The summed E-state index contributed by atoms with van der Waals surface area (Å²) in [5.74, 6) is -0.960. The Morgan fingerprint density at radius 2 is 1.82 bits per heavy atom. The summed E-state index contributed by atoms with van der Waals surface area (Å²) in [6.45, 7) is 0.916. The number of pyridine rings is 1. The summed E-state index contributed by atoms with van der Waals surface area (Å²) in [5.41, 5.74) is 0.574. The maximum atomic E-state index is 13.0. The van der Waals surface area contributed by atoms with Crippen molar-refractivity contribution < 1.29 is 32.3 Å². The van der Waals surface area contributed by atoms with Crippen LogP contribution in [0.2, 0.25) is 0 Å². The summed E-state index contributed by atoms with van der Waals surface area (Å²) in [7, 11) is -2.09. The Morgan fingerprint density at radius 1 is 1.09 bits per heavy atom. The fraction of sp³-hybridized carbons (Fsp3) is 0.364. The first-order valence-electron chi connectivity index (χ1n) is 10.4. The molecule has 174 valence electrons. The van der Waals surface area contributed by atoms with Gasteiger partial charge in [0.2, 0.25) is 0 Å². The largest absolute Gasteiger partial charge is 0.465 e. The van der Waals surface area contributed by atoms with Gasteiger partial charge in [0, 0.05) is 18.2 Å². The Bertz CT molecular complexity index is 1150. The van der Waals surface area contributed by atoms with E-state index >= 15 is 0 Å². The monoisotopic (exact) mass is 473 g/mol. The highest BCUT2D eigenvalue weighted by molar-refractivity contribution is 7.92. The van der Waals surface area contributed by atoms with Gasteiger partial charge in [-0.25, -0.2) is 18.2 Å². The van der Waals surface area contributed by atoms with Gasteiger partial charge in [0.25, 0.3) is 5.91 Å². The predicted molar refractivity (Wildman–Crippen MR) is 118 cm³/mol. The van der Waals surface area contributed by atoms with Crippen LogP contribution in [0.3, 0.4) is 0 Å². The van der Waals surface area contributed by atoms with E-state index in [2.05, 4.69) is 20.2 Å². The van der Waals surface area contributed by atoms with Gasteiger partial charge in [-0.1, -0.05) is 17.3 Å². The molecule has 0 bridgehead atoms. The van der Waals surface area contributed by atoms with Crippen LogP contribution >= 0.6 is 0 Å². The third-order valence-electron chi connectivity index (χ3n) is 5.24. The van der Waals surface area contributed by atoms with E-state index in [9.17, 15) is 18.0 Å². The smallest absolute Gasteiger partial charge is 0.339 e. The molecule has 1 aliphatic heterocycles. The van der Waals surface area contributed by atoms with Crippen molar-refractivity contribution in [1.82, 2.24) is 4.98 Å². The molecule has 1 saturated carbocycles. The number of hydrogen-bond donors (Lipinski definition) is 1. The number of carbonyl (C=O) groups excluding carboxylic acids is 2. The molecule has 33 heavy (non-hydrogen) atoms. The lowest BCUT2D eigenvalue weighted by Crippen LogP contribution is -2.26. The number of anilines is 1. The second-order valence-electron chi connectivity index (χ2n) is 7.68. The number of hydrogen-bond acceptors (Lipinski definition) is 9. The molecule has 4 rings (SSSR count). The zero-order chi connectivity index (χ0) is 23.4. The van der Waals surface area contributed by atoms with Crippen molar-refractivity contribution >= 4 is 33.2 Å². The van der Waals surface area contributed by atoms with Crippen LogP contribution in [0.1, 0.15) is 35.2 Å². The van der Waals surface area contributed by atoms with Crippen LogP contribution in [0.4, 0.5) is 5.82 Å². The number of nitrogens with one attached hydrogen (secondary N) is 1. The van der Waals surface area contributed by atoms with Gasteiger partial charge in [0.1, 0.15) is 5.82 Å². The van der Waals surface area contributed by atoms with E-state index in [4.69, 9.17) is 9.57 Å². The van der Waals surface area contributed by atoms with Crippen molar-refractivity contribution in [3.63, 3.8) is 0 Å². The number of benzene rings is 1. The van der Waals surface area contributed by atoms with E-state index in [1.165, 1.54) is 49.7 Å². The molecule has 2 aliphatic rings. The molecule has 1 aromatic carbocycles. The summed E-state index contributed by atoms with van der Waals surface area (Å²) in [4.78, 5) is 34.3. The zero-order valence-corrected chi connectivity index (χ0v) is 18.7. The molecule has 0 unspecified atom stereocenters. The highest BCUT2D eigenvalue weighted by atomic mass is 32.2. The van der Waals surface area contributed by atoms with Crippen molar-refractivity contribution in [3.05, 3.63) is 53.7 Å². The molecule has 10 nitrogen and oxygen atoms in total. The van der Waals surface area contributed by atoms with Crippen molar-refractivity contribution in [2.75, 3.05) is 25.6 Å². The summed E-state index contributed by atoms with van der Waals surface area (Å²) in [6, 6.07) is 8.90. The van der Waals surface area contributed by atoms with E-state index in [1.54, 1.807) is 0 Å². The Balaban J connectivity index is 1.55. The number of esters is 1. The van der Waals surface area contributed by atoms with Gasteiger partial charge in [-0.3, -0.25) is 4.79 Å². The Kier molecular flexibility index (Phi) is 6.70. The molecular formula is C22H23N3O7S. The molecule has 0 radical (unpaired) electrons. The number of carbonyl (C=O) groups is 2. The van der Waals surface area contributed by atoms with Gasteiger partial charge in [0.05, 0.1) is 36.0 Å². The van der Waals surface area contributed by atoms with Gasteiger partial charge >= 0.3 is 5.97 Å². The summed E-state index contributed by atoms with van der Waals surface area (Å²) in [5, 5.41) is 6.33. The minimum absolute atomic E-state index is 0.0453. The third-order valence-corrected chi connectivity index (χ3v) is 7.52. The van der Waals surface area contributed by atoms with E-state index < -0.39 is 21.7 Å². The fourth-order valence-electron chi connectivity index (χ4n) is 3.20.